The number of hydrogen-bond acceptors (Lipinski definition) is 6. The number of aliphatic imine (C=N–C) groups is 1. The molecule has 1 saturated heterocycles. The fourth-order valence-electron chi connectivity index (χ4n) is 4.06. The van der Waals surface area contributed by atoms with Crippen molar-refractivity contribution >= 4 is 40.6 Å². The van der Waals surface area contributed by atoms with Gasteiger partial charge in [0.05, 0.1) is 12.0 Å². The van der Waals surface area contributed by atoms with Gasteiger partial charge in [0.15, 0.2) is 23.3 Å². The number of thioether (sulfide) groups is 1. The number of benzene rings is 2. The van der Waals surface area contributed by atoms with Gasteiger partial charge in [-0.25, -0.2) is 14.2 Å². The van der Waals surface area contributed by atoms with Gasteiger partial charge in [-0.2, -0.15) is 0 Å². The number of carbonyl (C=O) groups excluding carboxylic acids is 1. The predicted molar refractivity (Wildman–Crippen MR) is 129 cm³/mol. The maximum atomic E-state index is 14.3. The molecular weight excluding hydrogens is 459 g/mol. The number of nitrogens with zero attached hydrogens (tertiary/aromatic N) is 2. The Morgan fingerprint density at radius 1 is 1.21 bits per heavy atom. The van der Waals surface area contributed by atoms with Crippen molar-refractivity contribution in [3.63, 3.8) is 0 Å². The lowest BCUT2D eigenvalue weighted by Crippen LogP contribution is -2.40. The van der Waals surface area contributed by atoms with Crippen LogP contribution in [0.1, 0.15) is 37.7 Å². The monoisotopic (exact) mass is 484 g/mol. The summed E-state index contributed by atoms with van der Waals surface area (Å²) in [7, 11) is 1.46. The zero-order valence-electron chi connectivity index (χ0n) is 18.7. The standard InChI is InChI=1S/C25H25FN2O5S/c1-32-21-13-16(11-12-20(21)33-15-23(29)30)14-22-24(31)28(17-7-3-2-4-8-17)25(34-22)27-19-10-6-5-9-18(19)26/h5-6,9-14,17H,2-4,7-8,15H2,1H3,(H,29,30)/b22-14-,27-25?. The molecule has 1 aliphatic heterocycles. The second-order valence-electron chi connectivity index (χ2n) is 8.02. The molecule has 0 atom stereocenters. The summed E-state index contributed by atoms with van der Waals surface area (Å²) in [6.45, 7) is -0.489. The highest BCUT2D eigenvalue weighted by atomic mass is 32.2. The smallest absolute Gasteiger partial charge is 0.341 e. The number of ether oxygens (including phenoxy) is 2. The van der Waals surface area contributed by atoms with E-state index >= 15 is 0 Å². The maximum Gasteiger partial charge on any atom is 0.341 e. The van der Waals surface area contributed by atoms with Crippen LogP contribution in [0.25, 0.3) is 6.08 Å². The molecule has 2 aromatic carbocycles. The Balaban J connectivity index is 1.66. The Hall–Kier alpha value is -3.33. The number of carbonyl (C=O) groups is 2. The molecule has 2 aromatic rings. The highest BCUT2D eigenvalue weighted by Crippen LogP contribution is 2.39. The average molecular weight is 485 g/mol. The first-order valence-corrected chi connectivity index (χ1v) is 11.9. The number of rotatable bonds is 7. The number of amides is 1. The summed E-state index contributed by atoms with van der Waals surface area (Å²) < 4.78 is 24.9. The molecule has 0 bridgehead atoms. The van der Waals surface area contributed by atoms with E-state index in [0.717, 1.165) is 32.1 Å². The van der Waals surface area contributed by atoms with Gasteiger partial charge in [-0.1, -0.05) is 37.5 Å². The van der Waals surface area contributed by atoms with Gasteiger partial charge in [0.25, 0.3) is 5.91 Å². The lowest BCUT2D eigenvalue weighted by molar-refractivity contribution is -0.139. The van der Waals surface area contributed by atoms with Crippen molar-refractivity contribution in [3.8, 4) is 11.5 Å². The van der Waals surface area contributed by atoms with E-state index in [0.29, 0.717) is 27.1 Å². The molecule has 1 saturated carbocycles. The number of hydrogen-bond donors (Lipinski definition) is 1. The van der Waals surface area contributed by atoms with Crippen LogP contribution >= 0.6 is 11.8 Å². The van der Waals surface area contributed by atoms with Crippen LogP contribution in [-0.4, -0.2) is 46.8 Å². The molecule has 0 spiro atoms. The van der Waals surface area contributed by atoms with Gasteiger partial charge in [-0.15, -0.1) is 0 Å². The summed E-state index contributed by atoms with van der Waals surface area (Å²) in [5.74, 6) is -1.04. The summed E-state index contributed by atoms with van der Waals surface area (Å²) in [5, 5.41) is 9.31. The van der Waals surface area contributed by atoms with E-state index in [2.05, 4.69) is 4.99 Å². The lowest BCUT2D eigenvalue weighted by Gasteiger charge is -2.30. The normalized spacial score (nSPS) is 19.1. The first-order valence-electron chi connectivity index (χ1n) is 11.0. The Morgan fingerprint density at radius 2 is 1.97 bits per heavy atom. The molecule has 0 radical (unpaired) electrons. The highest BCUT2D eigenvalue weighted by molar-refractivity contribution is 8.18. The van der Waals surface area contributed by atoms with Crippen molar-refractivity contribution in [1.29, 1.82) is 0 Å². The van der Waals surface area contributed by atoms with Crippen molar-refractivity contribution in [3.05, 3.63) is 58.8 Å². The lowest BCUT2D eigenvalue weighted by atomic mass is 9.94. The summed E-state index contributed by atoms with van der Waals surface area (Å²) in [6, 6.07) is 11.3. The summed E-state index contributed by atoms with van der Waals surface area (Å²) in [4.78, 5) is 30.9. The molecule has 1 aliphatic carbocycles. The molecule has 0 aromatic heterocycles. The van der Waals surface area contributed by atoms with Crippen molar-refractivity contribution < 1.29 is 28.6 Å². The first-order chi connectivity index (χ1) is 16.5. The average Bonchev–Trinajstić information content (AvgIpc) is 3.14. The van der Waals surface area contributed by atoms with E-state index in [1.165, 1.54) is 24.9 Å². The summed E-state index contributed by atoms with van der Waals surface area (Å²) in [6.07, 6.45) is 6.74. The van der Waals surface area contributed by atoms with Crippen LogP contribution in [0.2, 0.25) is 0 Å². The minimum absolute atomic E-state index is 0.0338. The molecule has 1 amide bonds. The van der Waals surface area contributed by atoms with Gasteiger partial charge in [0.1, 0.15) is 11.5 Å². The molecule has 1 N–H and O–H groups in total. The molecule has 9 heteroatoms. The van der Waals surface area contributed by atoms with Crippen molar-refractivity contribution in [2.45, 2.75) is 38.1 Å². The number of para-hydroxylation sites is 1. The first kappa shape index (κ1) is 23.8. The van der Waals surface area contributed by atoms with Crippen molar-refractivity contribution in [1.82, 2.24) is 4.90 Å². The molecule has 178 valence electrons. The van der Waals surface area contributed by atoms with Crippen LogP contribution in [-0.2, 0) is 9.59 Å². The zero-order chi connectivity index (χ0) is 24.1. The predicted octanol–water partition coefficient (Wildman–Crippen LogP) is 5.23. The van der Waals surface area contributed by atoms with E-state index < -0.39 is 18.4 Å². The van der Waals surface area contributed by atoms with E-state index in [1.807, 2.05) is 0 Å². The van der Waals surface area contributed by atoms with Gasteiger partial charge >= 0.3 is 5.97 Å². The number of carboxylic acid groups (broad SMARTS) is 1. The zero-order valence-corrected chi connectivity index (χ0v) is 19.5. The highest BCUT2D eigenvalue weighted by Gasteiger charge is 2.38. The van der Waals surface area contributed by atoms with Crippen LogP contribution < -0.4 is 9.47 Å². The SMILES string of the molecule is COc1cc(/C=C2\SC(=Nc3ccccc3F)N(C3CCCCC3)C2=O)ccc1OCC(=O)O. The van der Waals surface area contributed by atoms with Gasteiger partial charge in [0, 0.05) is 6.04 Å². The fraction of sp³-hybridized carbons (Fsp3) is 0.320. The molecular formula is C25H25FN2O5S. The fourth-order valence-corrected chi connectivity index (χ4v) is 5.11. The van der Waals surface area contributed by atoms with E-state index in [1.54, 1.807) is 47.4 Å². The summed E-state index contributed by atoms with van der Waals surface area (Å²) >= 11 is 1.22. The molecule has 1 heterocycles. The van der Waals surface area contributed by atoms with Crippen LogP contribution in [0.15, 0.2) is 52.4 Å². The third kappa shape index (κ3) is 5.41. The van der Waals surface area contributed by atoms with Crippen LogP contribution in [0.3, 0.4) is 0 Å². The number of methoxy groups -OCH3 is 1. The second-order valence-corrected chi connectivity index (χ2v) is 9.03. The quantitative estimate of drug-likeness (QED) is 0.541. The van der Waals surface area contributed by atoms with Gasteiger partial charge in [-0.05, 0) is 60.5 Å². The minimum Gasteiger partial charge on any atom is -0.493 e. The van der Waals surface area contributed by atoms with Crippen molar-refractivity contribution in [2.75, 3.05) is 13.7 Å². The molecule has 7 nitrogen and oxygen atoms in total. The topological polar surface area (TPSA) is 88.4 Å². The van der Waals surface area contributed by atoms with Crippen molar-refractivity contribution in [2.24, 2.45) is 4.99 Å². The van der Waals surface area contributed by atoms with Gasteiger partial charge in [-0.3, -0.25) is 9.69 Å². The Kier molecular flexibility index (Phi) is 7.52. The van der Waals surface area contributed by atoms with E-state index in [9.17, 15) is 14.0 Å². The molecule has 4 rings (SSSR count). The third-order valence-electron chi connectivity index (χ3n) is 5.68. The number of halogens is 1. The van der Waals surface area contributed by atoms with Gasteiger partial charge < -0.3 is 14.6 Å². The molecule has 34 heavy (non-hydrogen) atoms. The Morgan fingerprint density at radius 3 is 2.68 bits per heavy atom. The Bertz CT molecular complexity index is 1140. The second kappa shape index (κ2) is 10.7. The maximum absolute atomic E-state index is 14.3. The van der Waals surface area contributed by atoms with Crippen LogP contribution in [0.5, 0.6) is 11.5 Å². The third-order valence-corrected chi connectivity index (χ3v) is 6.66. The van der Waals surface area contributed by atoms with Crippen LogP contribution in [0, 0.1) is 5.82 Å². The molecule has 2 aliphatic rings. The number of carboxylic acids is 1. The van der Waals surface area contributed by atoms with E-state index in [4.69, 9.17) is 14.6 Å². The number of amidine groups is 1. The van der Waals surface area contributed by atoms with Gasteiger partial charge in [0.2, 0.25) is 0 Å². The number of aliphatic carboxylic acids is 1. The molecule has 2 fully saturated rings. The minimum atomic E-state index is -1.09. The largest absolute Gasteiger partial charge is 0.493 e. The van der Waals surface area contributed by atoms with Crippen LogP contribution in [0.4, 0.5) is 10.1 Å². The summed E-state index contributed by atoms with van der Waals surface area (Å²) in [5.41, 5.74) is 0.882. The van der Waals surface area contributed by atoms with E-state index in [-0.39, 0.29) is 17.6 Å². The molecule has 0 unspecified atom stereocenters. The Labute approximate surface area is 201 Å².